The fourth-order valence-electron chi connectivity index (χ4n) is 1.18. The molecule has 3 N–H and O–H groups in total. The third-order valence-electron chi connectivity index (χ3n) is 1.97. The molecule has 0 aromatic heterocycles. The Bertz CT molecular complexity index is 553. The monoisotopic (exact) mass is 348 g/mol. The maximum absolute atomic E-state index is 12.0. The summed E-state index contributed by atoms with van der Waals surface area (Å²) in [7, 11) is -3.54. The van der Waals surface area contributed by atoms with E-state index in [1.165, 1.54) is 17.8 Å². The van der Waals surface area contributed by atoms with Crippen LogP contribution in [0.2, 0.25) is 0 Å². The van der Waals surface area contributed by atoms with Crippen molar-refractivity contribution in [1.29, 1.82) is 0 Å². The number of thioether (sulfide) groups is 1. The van der Waals surface area contributed by atoms with Crippen LogP contribution in [-0.4, -0.2) is 26.5 Å². The molecule has 0 atom stereocenters. The quantitative estimate of drug-likeness (QED) is 0.466. The van der Waals surface area contributed by atoms with Gasteiger partial charge in [-0.2, -0.15) is 0 Å². The van der Waals surface area contributed by atoms with E-state index in [9.17, 15) is 8.42 Å². The van der Waals surface area contributed by atoms with Crippen LogP contribution >= 0.6 is 27.7 Å². The van der Waals surface area contributed by atoms with Crippen molar-refractivity contribution >= 4 is 43.4 Å². The molecule has 7 heteroatoms. The number of hydrogen-bond donors (Lipinski definition) is 2. The molecule has 0 unspecified atom stereocenters. The summed E-state index contributed by atoms with van der Waals surface area (Å²) in [6, 6.07) is 4.66. The Morgan fingerprint density at radius 2 is 2.22 bits per heavy atom. The van der Waals surface area contributed by atoms with Gasteiger partial charge in [0.15, 0.2) is 0 Å². The second-order valence-corrected chi connectivity index (χ2v) is 7.04. The van der Waals surface area contributed by atoms with Gasteiger partial charge in [0.25, 0.3) is 0 Å². The molecule has 0 spiro atoms. The normalized spacial score (nSPS) is 11.1. The molecule has 1 aromatic carbocycles. The first kappa shape index (κ1) is 15.4. The van der Waals surface area contributed by atoms with E-state index in [0.717, 1.165) is 0 Å². The number of nitrogens with two attached hydrogens (primary N) is 1. The van der Waals surface area contributed by atoms with E-state index < -0.39 is 10.0 Å². The van der Waals surface area contributed by atoms with Crippen LogP contribution in [0.3, 0.4) is 0 Å². The third kappa shape index (κ3) is 4.53. The summed E-state index contributed by atoms with van der Waals surface area (Å²) < 4.78 is 27.0. The van der Waals surface area contributed by atoms with Gasteiger partial charge in [-0.1, -0.05) is 5.92 Å². The molecule has 0 fully saturated rings. The lowest BCUT2D eigenvalue weighted by molar-refractivity contribution is 0.584. The summed E-state index contributed by atoms with van der Waals surface area (Å²) in [5.41, 5.74) is 5.98. The molecule has 0 aliphatic carbocycles. The zero-order valence-electron chi connectivity index (χ0n) is 9.52. The van der Waals surface area contributed by atoms with Crippen molar-refractivity contribution in [2.24, 2.45) is 0 Å². The zero-order chi connectivity index (χ0) is 13.6. The smallest absolute Gasteiger partial charge is 0.241 e. The van der Waals surface area contributed by atoms with E-state index in [0.29, 0.717) is 28.2 Å². The average Bonchev–Trinajstić information content (AvgIpc) is 2.32. The van der Waals surface area contributed by atoms with Gasteiger partial charge in [-0.05, 0) is 34.1 Å². The zero-order valence-corrected chi connectivity index (χ0v) is 12.7. The van der Waals surface area contributed by atoms with Crippen molar-refractivity contribution in [3.63, 3.8) is 0 Å². The van der Waals surface area contributed by atoms with E-state index in [1.54, 1.807) is 12.1 Å². The van der Waals surface area contributed by atoms with Crippen LogP contribution in [-0.2, 0) is 10.0 Å². The lowest BCUT2D eigenvalue weighted by Crippen LogP contribution is -2.26. The number of nitrogen functional groups attached to an aromatic ring is 1. The Morgan fingerprint density at radius 3 is 2.89 bits per heavy atom. The number of terminal acetylenes is 1. The summed E-state index contributed by atoms with van der Waals surface area (Å²) in [6.07, 6.45) is 5.09. The number of anilines is 1. The highest BCUT2D eigenvalue weighted by Crippen LogP contribution is 2.23. The van der Waals surface area contributed by atoms with Crippen molar-refractivity contribution in [2.75, 3.05) is 23.8 Å². The molecular weight excluding hydrogens is 336 g/mol. The molecular formula is C11H13BrN2O2S2. The summed E-state index contributed by atoms with van der Waals surface area (Å²) >= 11 is 4.69. The van der Waals surface area contributed by atoms with Gasteiger partial charge in [0.05, 0.1) is 10.6 Å². The van der Waals surface area contributed by atoms with Crippen LogP contribution in [0.25, 0.3) is 0 Å². The van der Waals surface area contributed by atoms with Gasteiger partial charge in [-0.25, -0.2) is 13.1 Å². The number of nitrogens with one attached hydrogen (secondary N) is 1. The summed E-state index contributed by atoms with van der Waals surface area (Å²) in [4.78, 5) is 0.143. The Labute approximate surface area is 120 Å². The number of benzene rings is 1. The fraction of sp³-hybridized carbons (Fsp3) is 0.273. The third-order valence-corrected chi connectivity index (χ3v) is 5.29. The summed E-state index contributed by atoms with van der Waals surface area (Å²) in [6.45, 7) is 0.329. The molecule has 0 saturated carbocycles. The van der Waals surface area contributed by atoms with Crippen molar-refractivity contribution in [2.45, 2.75) is 4.90 Å². The predicted octanol–water partition coefficient (Wildman–Crippen LogP) is 1.68. The first-order chi connectivity index (χ1) is 8.47. The van der Waals surface area contributed by atoms with E-state index in [-0.39, 0.29) is 4.90 Å². The maximum atomic E-state index is 12.0. The molecule has 0 aliphatic heterocycles. The van der Waals surface area contributed by atoms with E-state index in [1.807, 2.05) is 0 Å². The van der Waals surface area contributed by atoms with E-state index in [2.05, 4.69) is 26.6 Å². The van der Waals surface area contributed by atoms with Gasteiger partial charge in [-0.3, -0.25) is 0 Å². The average molecular weight is 349 g/mol. The molecule has 0 heterocycles. The minimum atomic E-state index is -3.54. The molecule has 0 radical (unpaired) electrons. The molecule has 98 valence electrons. The topological polar surface area (TPSA) is 72.2 Å². The van der Waals surface area contributed by atoms with Gasteiger partial charge < -0.3 is 5.73 Å². The molecule has 0 aliphatic rings. The minimum absolute atomic E-state index is 0.143. The van der Waals surface area contributed by atoms with Gasteiger partial charge in [0.1, 0.15) is 0 Å². The van der Waals surface area contributed by atoms with Crippen molar-refractivity contribution in [3.05, 3.63) is 22.7 Å². The van der Waals surface area contributed by atoms with Crippen LogP contribution < -0.4 is 10.5 Å². The highest BCUT2D eigenvalue weighted by atomic mass is 79.9. The first-order valence-corrected chi connectivity index (χ1v) is 8.46. The lowest BCUT2D eigenvalue weighted by atomic mass is 10.3. The first-order valence-electron chi connectivity index (χ1n) is 5.03. The Hall–Kier alpha value is -0.680. The van der Waals surface area contributed by atoms with Gasteiger partial charge in [0, 0.05) is 22.5 Å². The highest BCUT2D eigenvalue weighted by molar-refractivity contribution is 9.10. The Morgan fingerprint density at radius 1 is 1.50 bits per heavy atom. The standard InChI is InChI=1S/C11H13BrN2O2S2/c1-2-6-17-7-5-14-18(15,16)11-8-9(13)3-4-10(11)12/h1,3-4,8,14H,5-7,13H2. The second kappa shape index (κ2) is 7.04. The van der Waals surface area contributed by atoms with Crippen molar-refractivity contribution in [1.82, 2.24) is 4.72 Å². The summed E-state index contributed by atoms with van der Waals surface area (Å²) in [5.74, 6) is 3.68. The van der Waals surface area contributed by atoms with Crippen molar-refractivity contribution < 1.29 is 8.42 Å². The van der Waals surface area contributed by atoms with Crippen molar-refractivity contribution in [3.8, 4) is 12.3 Å². The molecule has 1 aromatic rings. The van der Waals surface area contributed by atoms with Crippen LogP contribution in [0.4, 0.5) is 5.69 Å². The van der Waals surface area contributed by atoms with Crippen LogP contribution in [0, 0.1) is 12.3 Å². The lowest BCUT2D eigenvalue weighted by Gasteiger charge is -2.08. The molecule has 4 nitrogen and oxygen atoms in total. The number of rotatable bonds is 6. The molecule has 0 amide bonds. The largest absolute Gasteiger partial charge is 0.399 e. The second-order valence-electron chi connectivity index (χ2n) is 3.34. The van der Waals surface area contributed by atoms with Gasteiger partial charge >= 0.3 is 0 Å². The van der Waals surface area contributed by atoms with Crippen LogP contribution in [0.15, 0.2) is 27.6 Å². The van der Waals surface area contributed by atoms with Gasteiger partial charge in [0.2, 0.25) is 10.0 Å². The predicted molar refractivity (Wildman–Crippen MR) is 79.9 cm³/mol. The summed E-state index contributed by atoms with van der Waals surface area (Å²) in [5, 5.41) is 0. The molecule has 0 saturated heterocycles. The maximum Gasteiger partial charge on any atom is 0.241 e. The Kier molecular flexibility index (Phi) is 6.02. The number of hydrogen-bond acceptors (Lipinski definition) is 4. The molecule has 18 heavy (non-hydrogen) atoms. The minimum Gasteiger partial charge on any atom is -0.399 e. The molecule has 0 bridgehead atoms. The Balaban J connectivity index is 2.69. The SMILES string of the molecule is C#CCSCCNS(=O)(=O)c1cc(N)ccc1Br. The highest BCUT2D eigenvalue weighted by Gasteiger charge is 2.17. The van der Waals surface area contributed by atoms with Gasteiger partial charge in [-0.15, -0.1) is 18.2 Å². The number of sulfonamides is 1. The number of halogens is 1. The van der Waals surface area contributed by atoms with Crippen LogP contribution in [0.5, 0.6) is 0 Å². The van der Waals surface area contributed by atoms with E-state index in [4.69, 9.17) is 12.2 Å². The molecule has 1 rings (SSSR count). The van der Waals surface area contributed by atoms with Crippen LogP contribution in [0.1, 0.15) is 0 Å². The fourth-order valence-corrected chi connectivity index (χ4v) is 3.85. The van der Waals surface area contributed by atoms with E-state index >= 15 is 0 Å².